The summed E-state index contributed by atoms with van der Waals surface area (Å²) in [6, 6.07) is 0. The van der Waals surface area contributed by atoms with Crippen LogP contribution in [-0.2, 0) is 23.4 Å². The lowest BCUT2D eigenvalue weighted by Gasteiger charge is -2.45. The number of hydrogen-bond donors (Lipinski definition) is 0. The Morgan fingerprint density at radius 2 is 1.92 bits per heavy atom. The number of fused-ring (bicyclic) bond motifs is 1. The fourth-order valence-electron chi connectivity index (χ4n) is 6.48. The van der Waals surface area contributed by atoms with E-state index >= 15 is 0 Å². The van der Waals surface area contributed by atoms with Gasteiger partial charge in [0.05, 0.1) is 23.7 Å². The van der Waals surface area contributed by atoms with Gasteiger partial charge in [-0.2, -0.15) is 10.5 Å². The van der Waals surface area contributed by atoms with Crippen molar-refractivity contribution in [2.45, 2.75) is 95.9 Å². The number of allylic oxidation sites excluding steroid dienone is 2. The van der Waals surface area contributed by atoms with Gasteiger partial charge in [-0.25, -0.2) is 4.79 Å². The molecule has 37 heavy (non-hydrogen) atoms. The van der Waals surface area contributed by atoms with Crippen LogP contribution < -0.4 is 0 Å². The van der Waals surface area contributed by atoms with Gasteiger partial charge in [0.15, 0.2) is 14.1 Å². The van der Waals surface area contributed by atoms with Crippen molar-refractivity contribution in [3.05, 3.63) is 36.5 Å². The molecule has 0 N–H and O–H groups in total. The second kappa shape index (κ2) is 10.2. The summed E-state index contributed by atoms with van der Waals surface area (Å²) in [5.74, 6) is 0.554. The van der Waals surface area contributed by atoms with Gasteiger partial charge in [-0.15, -0.1) is 6.58 Å². The standard InChI is InChI=1S/C30H48O5SSi/c1-11-23-25-24(18-29(23,7)35-37(9,10)28(4,5)6)34-27(31)26(25)36(8)19-21-12-13-22(20(2)3)17-30(16-21)32-14-15-33-30/h11-12,22-25H,1-2,13-19H2,3-10H3/t22-,23+,24+,25-,29-,36?/m1/s1. The van der Waals surface area contributed by atoms with Crippen LogP contribution >= 0.6 is 10.5 Å². The van der Waals surface area contributed by atoms with Gasteiger partial charge >= 0.3 is 5.97 Å². The molecule has 0 aromatic rings. The minimum absolute atomic E-state index is 0.0237. The highest BCUT2D eigenvalue weighted by Gasteiger charge is 2.60. The molecule has 0 aromatic heterocycles. The molecular weight excluding hydrogens is 500 g/mol. The van der Waals surface area contributed by atoms with Crippen LogP contribution in [0.25, 0.3) is 0 Å². The molecule has 2 heterocycles. The highest BCUT2D eigenvalue weighted by Crippen LogP contribution is 2.53. The highest BCUT2D eigenvalue weighted by molar-refractivity contribution is 8.16. The van der Waals surface area contributed by atoms with E-state index in [2.05, 4.69) is 73.2 Å². The molecule has 1 spiro atoms. The molecule has 4 rings (SSSR count). The Hall–Kier alpha value is -0.993. The van der Waals surface area contributed by atoms with Crippen LogP contribution in [-0.4, -0.2) is 61.9 Å². The summed E-state index contributed by atoms with van der Waals surface area (Å²) in [6.07, 6.45) is 9.69. The Labute approximate surface area is 228 Å². The van der Waals surface area contributed by atoms with Crippen molar-refractivity contribution in [3.63, 3.8) is 0 Å². The summed E-state index contributed by atoms with van der Waals surface area (Å²) in [5, 5.41) is 0.103. The summed E-state index contributed by atoms with van der Waals surface area (Å²) < 4.78 is 25.4. The molecule has 0 radical (unpaired) electrons. The Kier molecular flexibility index (Phi) is 7.99. The van der Waals surface area contributed by atoms with Gasteiger partial charge in [0, 0.05) is 36.9 Å². The number of esters is 1. The average molecular weight is 549 g/mol. The Morgan fingerprint density at radius 3 is 2.49 bits per heavy atom. The molecule has 5 nitrogen and oxygen atoms in total. The quantitative estimate of drug-likeness (QED) is 0.161. The summed E-state index contributed by atoms with van der Waals surface area (Å²) in [4.78, 5) is 14.2. The highest BCUT2D eigenvalue weighted by atomic mass is 32.2. The zero-order chi connectivity index (χ0) is 27.4. The first-order valence-corrected chi connectivity index (χ1v) is 18.5. The molecule has 4 aliphatic rings. The second-order valence-electron chi connectivity index (χ2n) is 13.4. The second-order valence-corrected chi connectivity index (χ2v) is 20.1. The number of ether oxygens (including phenoxy) is 3. The predicted molar refractivity (Wildman–Crippen MR) is 157 cm³/mol. The van der Waals surface area contributed by atoms with Crippen LogP contribution in [0, 0.1) is 17.8 Å². The third-order valence-corrected chi connectivity index (χ3v) is 16.0. The van der Waals surface area contributed by atoms with Crippen LogP contribution in [0.1, 0.15) is 60.3 Å². The van der Waals surface area contributed by atoms with Crippen molar-refractivity contribution in [2.75, 3.05) is 25.2 Å². The van der Waals surface area contributed by atoms with E-state index in [0.717, 1.165) is 36.3 Å². The van der Waals surface area contributed by atoms with Crippen LogP contribution in [0.4, 0.5) is 0 Å². The lowest BCUT2D eigenvalue weighted by atomic mass is 9.86. The molecule has 3 fully saturated rings. The predicted octanol–water partition coefficient (Wildman–Crippen LogP) is 6.63. The summed E-state index contributed by atoms with van der Waals surface area (Å²) in [6.45, 7) is 25.4. The molecule has 1 saturated carbocycles. The van der Waals surface area contributed by atoms with Gasteiger partial charge in [0.2, 0.25) is 0 Å². The van der Waals surface area contributed by atoms with E-state index in [1.807, 2.05) is 6.08 Å². The van der Waals surface area contributed by atoms with Crippen molar-refractivity contribution in [1.82, 2.24) is 0 Å². The maximum absolute atomic E-state index is 13.2. The number of carbonyl (C=O) groups is 1. The van der Waals surface area contributed by atoms with Crippen LogP contribution in [0.2, 0.25) is 18.1 Å². The summed E-state index contributed by atoms with van der Waals surface area (Å²) in [7, 11) is -2.31. The van der Waals surface area contributed by atoms with Crippen molar-refractivity contribution < 1.29 is 23.4 Å². The van der Waals surface area contributed by atoms with Gasteiger partial charge in [-0.3, -0.25) is 0 Å². The van der Waals surface area contributed by atoms with E-state index < -0.39 is 14.1 Å². The van der Waals surface area contributed by atoms with Gasteiger partial charge in [-0.1, -0.05) is 50.6 Å². The van der Waals surface area contributed by atoms with Crippen molar-refractivity contribution in [2.24, 2.45) is 17.8 Å². The van der Waals surface area contributed by atoms with E-state index in [1.165, 1.54) is 11.1 Å². The molecule has 0 bridgehead atoms. The largest absolute Gasteiger partial charge is 0.458 e. The minimum Gasteiger partial charge on any atom is -0.458 e. The minimum atomic E-state index is -2.03. The van der Waals surface area contributed by atoms with E-state index in [1.54, 1.807) is 0 Å². The van der Waals surface area contributed by atoms with E-state index in [9.17, 15) is 4.79 Å². The molecule has 6 atom stereocenters. The summed E-state index contributed by atoms with van der Waals surface area (Å²) in [5.41, 5.74) is 2.10. The zero-order valence-electron chi connectivity index (χ0n) is 24.3. The van der Waals surface area contributed by atoms with E-state index in [0.29, 0.717) is 19.1 Å². The smallest absolute Gasteiger partial charge is 0.340 e. The monoisotopic (exact) mass is 548 g/mol. The fourth-order valence-corrected chi connectivity index (χ4v) is 10.2. The molecular formula is C30H48O5SSi. The SMILES string of the molecule is C=C[C@H]1[C@H]2/C(=S(\C)CC3=CC[C@@H](C(=C)C)CC4(C3)OCCO4)C(=O)O[C@H]2C[C@@]1(C)O[Si](C)(C)C(C)(C)C. The van der Waals surface area contributed by atoms with Gasteiger partial charge in [-0.05, 0) is 50.6 Å². The first-order chi connectivity index (χ1) is 17.1. The fraction of sp³-hybridized carbons (Fsp3) is 0.733. The molecule has 0 aromatic carbocycles. The lowest BCUT2D eigenvalue weighted by Crippen LogP contribution is -2.50. The van der Waals surface area contributed by atoms with Crippen LogP contribution in [0.15, 0.2) is 36.5 Å². The topological polar surface area (TPSA) is 54.0 Å². The Bertz CT molecular complexity index is 1020. The zero-order valence-corrected chi connectivity index (χ0v) is 26.1. The van der Waals surface area contributed by atoms with Gasteiger partial charge in [0.1, 0.15) is 6.10 Å². The van der Waals surface area contributed by atoms with E-state index in [4.69, 9.17) is 18.6 Å². The third kappa shape index (κ3) is 5.54. The lowest BCUT2D eigenvalue weighted by molar-refractivity contribution is -0.165. The van der Waals surface area contributed by atoms with Crippen molar-refractivity contribution in [1.29, 1.82) is 0 Å². The van der Waals surface area contributed by atoms with Crippen molar-refractivity contribution >= 4 is 29.6 Å². The Balaban J connectivity index is 1.62. The third-order valence-electron chi connectivity index (χ3n) is 9.44. The number of carbonyl (C=O) groups excluding carboxylic acids is 1. The van der Waals surface area contributed by atoms with E-state index in [-0.39, 0.29) is 45.0 Å². The molecule has 2 saturated heterocycles. The molecule has 2 aliphatic carbocycles. The first-order valence-electron chi connectivity index (χ1n) is 13.8. The van der Waals surface area contributed by atoms with Crippen molar-refractivity contribution in [3.8, 4) is 0 Å². The Morgan fingerprint density at radius 1 is 1.27 bits per heavy atom. The summed E-state index contributed by atoms with van der Waals surface area (Å²) >= 11 is 0. The van der Waals surface area contributed by atoms with Gasteiger partial charge in [0.25, 0.3) is 0 Å². The van der Waals surface area contributed by atoms with Crippen LogP contribution in [0.5, 0.6) is 0 Å². The molecule has 2 aliphatic heterocycles. The number of hydrogen-bond acceptors (Lipinski definition) is 5. The maximum atomic E-state index is 13.2. The maximum Gasteiger partial charge on any atom is 0.340 e. The normalized spacial score (nSPS) is 35.6. The van der Waals surface area contributed by atoms with Gasteiger partial charge < -0.3 is 18.6 Å². The first kappa shape index (κ1) is 29.0. The number of rotatable bonds is 6. The average Bonchev–Trinajstić information content (AvgIpc) is 3.35. The van der Waals surface area contributed by atoms with Crippen LogP contribution in [0.3, 0.4) is 0 Å². The molecule has 1 unspecified atom stereocenters. The molecule has 0 amide bonds. The molecule has 208 valence electrons. The molecule has 7 heteroatoms.